The lowest BCUT2D eigenvalue weighted by Gasteiger charge is -2.27. The fourth-order valence-corrected chi connectivity index (χ4v) is 1.65. The first-order chi connectivity index (χ1) is 7.12. The Kier molecular flexibility index (Phi) is 4.58. The molecule has 3 heteroatoms. The fraction of sp³-hybridized carbons (Fsp3) is 0.917. The second-order valence-corrected chi connectivity index (χ2v) is 4.84. The number of esters is 1. The number of hydrogen-bond donors (Lipinski definition) is 1. The van der Waals surface area contributed by atoms with E-state index in [4.69, 9.17) is 10.5 Å². The van der Waals surface area contributed by atoms with E-state index in [2.05, 4.69) is 0 Å². The summed E-state index contributed by atoms with van der Waals surface area (Å²) in [6.45, 7) is 4.78. The Bertz CT molecular complexity index is 208. The first kappa shape index (κ1) is 12.5. The van der Waals surface area contributed by atoms with Crippen molar-refractivity contribution in [1.82, 2.24) is 0 Å². The molecule has 2 N–H and O–H groups in total. The largest absolute Gasteiger partial charge is 0.465 e. The molecule has 0 aliphatic heterocycles. The number of ether oxygens (including phenoxy) is 1. The van der Waals surface area contributed by atoms with Gasteiger partial charge in [-0.3, -0.25) is 4.79 Å². The summed E-state index contributed by atoms with van der Waals surface area (Å²) in [4.78, 5) is 11.7. The summed E-state index contributed by atoms with van der Waals surface area (Å²) in [5.41, 5.74) is 5.10. The Hall–Kier alpha value is -0.570. The lowest BCUT2D eigenvalue weighted by Crippen LogP contribution is -2.37. The maximum Gasteiger partial charge on any atom is 0.313 e. The van der Waals surface area contributed by atoms with Crippen LogP contribution >= 0.6 is 0 Å². The van der Waals surface area contributed by atoms with Crippen molar-refractivity contribution in [1.29, 1.82) is 0 Å². The van der Waals surface area contributed by atoms with Crippen molar-refractivity contribution < 1.29 is 9.53 Å². The quantitative estimate of drug-likeness (QED) is 0.687. The molecule has 3 nitrogen and oxygen atoms in total. The van der Waals surface area contributed by atoms with Gasteiger partial charge in [0.05, 0.1) is 12.0 Å². The highest BCUT2D eigenvalue weighted by molar-refractivity contribution is 5.76. The van der Waals surface area contributed by atoms with Crippen LogP contribution in [-0.2, 0) is 9.53 Å². The molecule has 0 amide bonds. The van der Waals surface area contributed by atoms with E-state index < -0.39 is 5.41 Å². The second kappa shape index (κ2) is 5.50. The zero-order valence-corrected chi connectivity index (χ0v) is 9.92. The number of carbonyl (C=O) groups excluding carboxylic acids is 1. The highest BCUT2D eigenvalue weighted by Gasteiger charge is 2.31. The summed E-state index contributed by atoms with van der Waals surface area (Å²) < 4.78 is 5.28. The van der Waals surface area contributed by atoms with Crippen LogP contribution in [0, 0.1) is 11.3 Å². The normalized spacial score (nSPS) is 20.5. The molecule has 15 heavy (non-hydrogen) atoms. The average molecular weight is 213 g/mol. The molecular weight excluding hydrogens is 190 g/mol. The Morgan fingerprint density at radius 2 is 2.20 bits per heavy atom. The smallest absolute Gasteiger partial charge is 0.313 e. The summed E-state index contributed by atoms with van der Waals surface area (Å²) in [6.07, 6.45) is 5.72. The van der Waals surface area contributed by atoms with Crippen LogP contribution in [0.15, 0.2) is 0 Å². The molecule has 1 saturated carbocycles. The molecule has 0 heterocycles. The van der Waals surface area contributed by atoms with Gasteiger partial charge in [-0.25, -0.2) is 0 Å². The Morgan fingerprint density at radius 3 is 2.60 bits per heavy atom. The maximum atomic E-state index is 11.7. The van der Waals surface area contributed by atoms with E-state index in [1.807, 2.05) is 13.8 Å². The standard InChI is InChI=1S/C12H23NO2/c1-3-12(2,9-13)11(14)15-8-7-10-5-4-6-10/h10H,3-9,13H2,1-2H3. The third kappa shape index (κ3) is 3.20. The molecule has 0 aromatic heterocycles. The zero-order valence-electron chi connectivity index (χ0n) is 9.92. The molecule has 0 aromatic rings. The van der Waals surface area contributed by atoms with Crippen molar-refractivity contribution >= 4 is 5.97 Å². The van der Waals surface area contributed by atoms with Gasteiger partial charge in [0.1, 0.15) is 0 Å². The molecule has 0 bridgehead atoms. The van der Waals surface area contributed by atoms with Crippen molar-refractivity contribution in [2.45, 2.75) is 46.0 Å². The molecule has 88 valence electrons. The van der Waals surface area contributed by atoms with E-state index in [-0.39, 0.29) is 5.97 Å². The second-order valence-electron chi connectivity index (χ2n) is 4.84. The van der Waals surface area contributed by atoms with Gasteiger partial charge in [-0.15, -0.1) is 0 Å². The van der Waals surface area contributed by atoms with Gasteiger partial charge in [0.25, 0.3) is 0 Å². The minimum absolute atomic E-state index is 0.133. The summed E-state index contributed by atoms with van der Waals surface area (Å²) in [6, 6.07) is 0. The molecule has 1 rings (SSSR count). The lowest BCUT2D eigenvalue weighted by atomic mass is 9.83. The summed E-state index contributed by atoms with van der Waals surface area (Å²) in [5, 5.41) is 0. The molecule has 1 aliphatic carbocycles. The predicted molar refractivity (Wildman–Crippen MR) is 60.4 cm³/mol. The Balaban J connectivity index is 2.21. The number of nitrogens with two attached hydrogens (primary N) is 1. The van der Waals surface area contributed by atoms with Gasteiger partial charge in [0.15, 0.2) is 0 Å². The van der Waals surface area contributed by atoms with Crippen LogP contribution in [0.2, 0.25) is 0 Å². The van der Waals surface area contributed by atoms with Crippen molar-refractivity contribution in [3.63, 3.8) is 0 Å². The minimum atomic E-state index is -0.486. The lowest BCUT2D eigenvalue weighted by molar-refractivity contribution is -0.155. The number of rotatable bonds is 6. The third-order valence-electron chi connectivity index (χ3n) is 3.71. The molecular formula is C12H23NO2. The van der Waals surface area contributed by atoms with Crippen LogP contribution < -0.4 is 5.73 Å². The third-order valence-corrected chi connectivity index (χ3v) is 3.71. The molecule has 0 saturated heterocycles. The zero-order chi connectivity index (χ0) is 11.3. The van der Waals surface area contributed by atoms with Crippen molar-refractivity contribution in [3.8, 4) is 0 Å². The van der Waals surface area contributed by atoms with Crippen LogP contribution in [0.3, 0.4) is 0 Å². The fourth-order valence-electron chi connectivity index (χ4n) is 1.65. The van der Waals surface area contributed by atoms with Crippen LogP contribution in [0.1, 0.15) is 46.0 Å². The predicted octanol–water partition coefficient (Wildman–Crippen LogP) is 2.09. The summed E-state index contributed by atoms with van der Waals surface area (Å²) >= 11 is 0. The highest BCUT2D eigenvalue weighted by atomic mass is 16.5. The van der Waals surface area contributed by atoms with E-state index in [0.29, 0.717) is 13.2 Å². The van der Waals surface area contributed by atoms with Crippen LogP contribution in [-0.4, -0.2) is 19.1 Å². The Labute approximate surface area is 92.4 Å². The van der Waals surface area contributed by atoms with E-state index in [1.54, 1.807) is 0 Å². The van der Waals surface area contributed by atoms with Gasteiger partial charge in [-0.1, -0.05) is 26.2 Å². The maximum absolute atomic E-state index is 11.7. The molecule has 0 aromatic carbocycles. The van der Waals surface area contributed by atoms with Crippen LogP contribution in [0.25, 0.3) is 0 Å². The molecule has 1 aliphatic rings. The molecule has 1 unspecified atom stereocenters. The highest BCUT2D eigenvalue weighted by Crippen LogP contribution is 2.29. The molecule has 0 spiro atoms. The van der Waals surface area contributed by atoms with Gasteiger partial charge in [0, 0.05) is 6.54 Å². The molecule has 0 radical (unpaired) electrons. The first-order valence-corrected chi connectivity index (χ1v) is 5.99. The Morgan fingerprint density at radius 1 is 1.53 bits per heavy atom. The van der Waals surface area contributed by atoms with E-state index in [1.165, 1.54) is 19.3 Å². The van der Waals surface area contributed by atoms with Gasteiger partial charge < -0.3 is 10.5 Å². The van der Waals surface area contributed by atoms with E-state index in [9.17, 15) is 4.79 Å². The van der Waals surface area contributed by atoms with E-state index >= 15 is 0 Å². The topological polar surface area (TPSA) is 52.3 Å². The van der Waals surface area contributed by atoms with Gasteiger partial charge >= 0.3 is 5.97 Å². The van der Waals surface area contributed by atoms with Gasteiger partial charge in [-0.2, -0.15) is 0 Å². The van der Waals surface area contributed by atoms with E-state index in [0.717, 1.165) is 18.8 Å². The van der Waals surface area contributed by atoms with Gasteiger partial charge in [-0.05, 0) is 25.7 Å². The van der Waals surface area contributed by atoms with Crippen molar-refractivity contribution in [2.24, 2.45) is 17.1 Å². The molecule has 1 atom stereocenters. The van der Waals surface area contributed by atoms with Crippen LogP contribution in [0.4, 0.5) is 0 Å². The molecule has 1 fully saturated rings. The average Bonchev–Trinajstić information content (AvgIpc) is 2.20. The summed E-state index contributed by atoms with van der Waals surface area (Å²) in [7, 11) is 0. The number of carbonyl (C=O) groups is 1. The SMILES string of the molecule is CCC(C)(CN)C(=O)OCCC1CCC1. The summed E-state index contributed by atoms with van der Waals surface area (Å²) in [5.74, 6) is 0.662. The minimum Gasteiger partial charge on any atom is -0.465 e. The van der Waals surface area contributed by atoms with Crippen molar-refractivity contribution in [2.75, 3.05) is 13.2 Å². The van der Waals surface area contributed by atoms with Crippen molar-refractivity contribution in [3.05, 3.63) is 0 Å². The van der Waals surface area contributed by atoms with Crippen LogP contribution in [0.5, 0.6) is 0 Å². The monoisotopic (exact) mass is 213 g/mol. The number of hydrogen-bond acceptors (Lipinski definition) is 3. The van der Waals surface area contributed by atoms with Gasteiger partial charge in [0.2, 0.25) is 0 Å². The first-order valence-electron chi connectivity index (χ1n) is 5.99.